The van der Waals surface area contributed by atoms with Crippen molar-refractivity contribution in [1.82, 2.24) is 5.32 Å². The minimum Gasteiger partial charge on any atom is -0.497 e. The second kappa shape index (κ2) is 14.9. The maximum absolute atomic E-state index is 12.7. The number of rotatable bonds is 12. The summed E-state index contributed by atoms with van der Waals surface area (Å²) in [4.78, 5) is 25.3. The third-order valence-electron chi connectivity index (χ3n) is 6.00. The van der Waals surface area contributed by atoms with Crippen LogP contribution in [0, 0.1) is 6.92 Å². The molecule has 0 radical (unpaired) electrons. The van der Waals surface area contributed by atoms with Gasteiger partial charge in [-0.1, -0.05) is 42.5 Å². The fourth-order valence-electron chi connectivity index (χ4n) is 4.06. The Morgan fingerprint density at radius 3 is 2.10 bits per heavy atom. The van der Waals surface area contributed by atoms with E-state index in [4.69, 9.17) is 28.4 Å². The molecule has 0 aliphatic carbocycles. The number of benzene rings is 3. The first kappa shape index (κ1) is 32.0. The second-order valence-corrected chi connectivity index (χ2v) is 10.4. The van der Waals surface area contributed by atoms with Crippen LogP contribution in [0.15, 0.2) is 66.4 Å². The van der Waals surface area contributed by atoms with E-state index < -0.39 is 17.7 Å². The first-order valence-corrected chi connectivity index (χ1v) is 13.4. The third kappa shape index (κ3) is 9.27. The third-order valence-corrected chi connectivity index (χ3v) is 6.00. The van der Waals surface area contributed by atoms with Crippen molar-refractivity contribution in [1.29, 1.82) is 0 Å². The van der Waals surface area contributed by atoms with Gasteiger partial charge < -0.3 is 28.4 Å². The molecule has 224 valence electrons. The van der Waals surface area contributed by atoms with Gasteiger partial charge in [-0.3, -0.25) is 5.32 Å². The number of carbonyl (C=O) groups is 2. The second-order valence-electron chi connectivity index (χ2n) is 10.4. The van der Waals surface area contributed by atoms with Crippen LogP contribution >= 0.6 is 0 Å². The lowest BCUT2D eigenvalue weighted by molar-refractivity contribution is -0.136. The van der Waals surface area contributed by atoms with Gasteiger partial charge in [-0.25, -0.2) is 9.59 Å². The largest absolute Gasteiger partial charge is 0.497 e. The van der Waals surface area contributed by atoms with Crippen molar-refractivity contribution in [2.45, 2.75) is 53.1 Å². The van der Waals surface area contributed by atoms with Crippen LogP contribution in [-0.2, 0) is 38.8 Å². The Labute approximate surface area is 247 Å². The van der Waals surface area contributed by atoms with Crippen molar-refractivity contribution in [3.8, 4) is 17.2 Å². The summed E-state index contributed by atoms with van der Waals surface area (Å²) in [6, 6.07) is 19.1. The highest BCUT2D eigenvalue weighted by Gasteiger charge is 2.23. The molecule has 0 aliphatic rings. The van der Waals surface area contributed by atoms with Crippen molar-refractivity contribution in [2.75, 3.05) is 21.3 Å². The molecule has 0 saturated heterocycles. The standard InChI is InChI=1S/C33H39NO8/c1-22-17-25(18-28(31(35)39-7)34-32(36)42-33(2,3)4)27(21-40-19-24-13-15-26(37-5)16-14-24)30(29(22)38-6)41-20-23-11-9-8-10-12-23/h8-18H,19-21H2,1-7H3,(H,34,36)/b28-18-. The lowest BCUT2D eigenvalue weighted by Gasteiger charge is -2.21. The number of ether oxygens (including phenoxy) is 6. The van der Waals surface area contributed by atoms with Crippen LogP contribution < -0.4 is 19.5 Å². The molecule has 0 aliphatic heterocycles. The first-order chi connectivity index (χ1) is 20.0. The number of hydrogen-bond acceptors (Lipinski definition) is 8. The van der Waals surface area contributed by atoms with Crippen molar-refractivity contribution in [3.05, 3.63) is 94.2 Å². The highest BCUT2D eigenvalue weighted by molar-refractivity contribution is 5.97. The predicted octanol–water partition coefficient (Wildman–Crippen LogP) is 6.35. The van der Waals surface area contributed by atoms with Gasteiger partial charge in [0.25, 0.3) is 0 Å². The van der Waals surface area contributed by atoms with Gasteiger partial charge in [0.1, 0.15) is 23.7 Å². The molecule has 1 amide bonds. The molecule has 0 bridgehead atoms. The highest BCUT2D eigenvalue weighted by Crippen LogP contribution is 2.39. The van der Waals surface area contributed by atoms with Crippen molar-refractivity contribution >= 4 is 18.1 Å². The molecule has 1 N–H and O–H groups in total. The Kier molecular flexibility index (Phi) is 11.4. The Balaban J connectivity index is 2.05. The zero-order valence-corrected chi connectivity index (χ0v) is 25.2. The summed E-state index contributed by atoms with van der Waals surface area (Å²) in [5, 5.41) is 2.52. The van der Waals surface area contributed by atoms with Crippen LogP contribution in [0.1, 0.15) is 48.6 Å². The first-order valence-electron chi connectivity index (χ1n) is 13.4. The number of esters is 1. The van der Waals surface area contributed by atoms with Crippen LogP contribution in [0.4, 0.5) is 4.79 Å². The monoisotopic (exact) mass is 577 g/mol. The van der Waals surface area contributed by atoms with E-state index in [-0.39, 0.29) is 18.9 Å². The average Bonchev–Trinajstić information content (AvgIpc) is 2.96. The van der Waals surface area contributed by atoms with E-state index in [9.17, 15) is 9.59 Å². The molecule has 3 aromatic rings. The van der Waals surface area contributed by atoms with Gasteiger partial charge in [-0.2, -0.15) is 0 Å². The summed E-state index contributed by atoms with van der Waals surface area (Å²) in [6.07, 6.45) is 0.728. The molecular formula is C33H39NO8. The molecule has 3 rings (SSSR count). The van der Waals surface area contributed by atoms with Gasteiger partial charge in [0.15, 0.2) is 11.5 Å². The number of alkyl carbamates (subject to hydrolysis) is 1. The topological polar surface area (TPSA) is 102 Å². The van der Waals surface area contributed by atoms with Gasteiger partial charge in [-0.15, -0.1) is 0 Å². The zero-order valence-electron chi connectivity index (χ0n) is 25.2. The molecule has 0 fully saturated rings. The Hall–Kier alpha value is -4.50. The Bertz CT molecular complexity index is 1380. The highest BCUT2D eigenvalue weighted by atomic mass is 16.6. The van der Waals surface area contributed by atoms with E-state index in [1.807, 2.05) is 67.6 Å². The number of nitrogens with one attached hydrogen (secondary N) is 1. The zero-order chi connectivity index (χ0) is 30.7. The smallest absolute Gasteiger partial charge is 0.412 e. The van der Waals surface area contributed by atoms with Crippen molar-refractivity contribution in [3.63, 3.8) is 0 Å². The van der Waals surface area contributed by atoms with E-state index in [1.54, 1.807) is 35.0 Å². The summed E-state index contributed by atoms with van der Waals surface area (Å²) in [6.45, 7) is 7.75. The van der Waals surface area contributed by atoms with E-state index in [1.165, 1.54) is 13.2 Å². The van der Waals surface area contributed by atoms with Gasteiger partial charge >= 0.3 is 12.1 Å². The Morgan fingerprint density at radius 2 is 1.50 bits per heavy atom. The fourth-order valence-corrected chi connectivity index (χ4v) is 4.06. The molecule has 0 unspecified atom stereocenters. The lowest BCUT2D eigenvalue weighted by Crippen LogP contribution is -2.34. The van der Waals surface area contributed by atoms with Gasteiger partial charge in [-0.05, 0) is 74.2 Å². The maximum atomic E-state index is 12.7. The number of methoxy groups -OCH3 is 3. The molecule has 3 aromatic carbocycles. The SMILES string of the molecule is COC(=O)/C(=C/c1cc(C)c(OC)c(OCc2ccccc2)c1COCc1ccc(OC)cc1)NC(=O)OC(C)(C)C. The fraction of sp³-hybridized carbons (Fsp3) is 0.333. The normalized spacial score (nSPS) is 11.5. The summed E-state index contributed by atoms with van der Waals surface area (Å²) in [7, 11) is 4.42. The minimum atomic E-state index is -0.790. The molecular weight excluding hydrogens is 538 g/mol. The van der Waals surface area contributed by atoms with Crippen molar-refractivity contribution < 1.29 is 38.0 Å². The summed E-state index contributed by atoms with van der Waals surface area (Å²) in [5.74, 6) is 1.000. The number of amides is 1. The molecule has 0 heterocycles. The van der Waals surface area contributed by atoms with Crippen molar-refractivity contribution in [2.24, 2.45) is 0 Å². The van der Waals surface area contributed by atoms with Gasteiger partial charge in [0.05, 0.1) is 34.5 Å². The van der Waals surface area contributed by atoms with E-state index in [2.05, 4.69) is 5.32 Å². The number of aryl methyl sites for hydroxylation is 1. The van der Waals surface area contributed by atoms with Crippen LogP contribution in [-0.4, -0.2) is 39.0 Å². The quantitative estimate of drug-likeness (QED) is 0.196. The van der Waals surface area contributed by atoms with Gasteiger partial charge in [0.2, 0.25) is 0 Å². The molecule has 9 nitrogen and oxygen atoms in total. The molecule has 9 heteroatoms. The van der Waals surface area contributed by atoms with Crippen LogP contribution in [0.3, 0.4) is 0 Å². The van der Waals surface area contributed by atoms with E-state index in [0.717, 1.165) is 22.4 Å². The van der Waals surface area contributed by atoms with Crippen LogP contribution in [0.5, 0.6) is 17.2 Å². The van der Waals surface area contributed by atoms with Crippen LogP contribution in [0.25, 0.3) is 6.08 Å². The van der Waals surface area contributed by atoms with Gasteiger partial charge in [0, 0.05) is 5.56 Å². The summed E-state index contributed by atoms with van der Waals surface area (Å²) < 4.78 is 33.8. The predicted molar refractivity (Wildman–Crippen MR) is 159 cm³/mol. The molecule has 42 heavy (non-hydrogen) atoms. The average molecular weight is 578 g/mol. The Morgan fingerprint density at radius 1 is 0.833 bits per heavy atom. The molecule has 0 saturated carbocycles. The van der Waals surface area contributed by atoms with E-state index in [0.29, 0.717) is 29.2 Å². The van der Waals surface area contributed by atoms with Crippen LogP contribution in [0.2, 0.25) is 0 Å². The number of carbonyl (C=O) groups excluding carboxylic acids is 2. The summed E-state index contributed by atoms with van der Waals surface area (Å²) >= 11 is 0. The van der Waals surface area contributed by atoms with E-state index >= 15 is 0 Å². The lowest BCUT2D eigenvalue weighted by atomic mass is 10.0. The summed E-state index contributed by atoms with van der Waals surface area (Å²) in [5.41, 5.74) is 2.98. The molecule has 0 aromatic heterocycles. The number of hydrogen-bond donors (Lipinski definition) is 1. The molecule has 0 atom stereocenters. The molecule has 0 spiro atoms. The maximum Gasteiger partial charge on any atom is 0.412 e. The minimum absolute atomic E-state index is 0.110.